The van der Waals surface area contributed by atoms with Gasteiger partial charge in [0.05, 0.1) is 11.1 Å². The van der Waals surface area contributed by atoms with Gasteiger partial charge in [0.1, 0.15) is 12.4 Å². The van der Waals surface area contributed by atoms with Gasteiger partial charge in [-0.25, -0.2) is 0 Å². The van der Waals surface area contributed by atoms with Gasteiger partial charge in [-0.2, -0.15) is 0 Å². The Morgan fingerprint density at radius 1 is 1.29 bits per heavy atom. The van der Waals surface area contributed by atoms with E-state index in [9.17, 15) is 0 Å². The summed E-state index contributed by atoms with van der Waals surface area (Å²) < 4.78 is 14.2. The Morgan fingerprint density at radius 2 is 2.05 bits per heavy atom. The van der Waals surface area contributed by atoms with Crippen LogP contribution in [0, 0.1) is 6.92 Å². The highest BCUT2D eigenvalue weighted by molar-refractivity contribution is 9.10. The first-order chi connectivity index (χ1) is 10.1. The minimum atomic E-state index is 0.317. The standard InChI is InChI=1S/C14H19BrN4O2/c1-4-20-12-6-10(7-16)5-11(15)14(12)21-8-13-18-17-9(2)19(13)3/h5-6H,4,7-8,16H2,1-3H3. The van der Waals surface area contributed by atoms with Crippen molar-refractivity contribution in [1.82, 2.24) is 14.8 Å². The number of benzene rings is 1. The Labute approximate surface area is 132 Å². The highest BCUT2D eigenvalue weighted by Gasteiger charge is 2.14. The molecule has 1 heterocycles. The summed E-state index contributed by atoms with van der Waals surface area (Å²) in [5.74, 6) is 2.92. The van der Waals surface area contributed by atoms with Gasteiger partial charge >= 0.3 is 0 Å². The molecule has 0 fully saturated rings. The molecule has 0 amide bonds. The van der Waals surface area contributed by atoms with Crippen LogP contribution in [0.25, 0.3) is 0 Å². The zero-order chi connectivity index (χ0) is 15.4. The number of hydrogen-bond donors (Lipinski definition) is 1. The number of aromatic nitrogens is 3. The predicted octanol–water partition coefficient (Wildman–Crippen LogP) is 2.32. The summed E-state index contributed by atoms with van der Waals surface area (Å²) in [5.41, 5.74) is 6.66. The second-order valence-electron chi connectivity index (χ2n) is 4.55. The molecule has 0 aliphatic rings. The average molecular weight is 355 g/mol. The van der Waals surface area contributed by atoms with E-state index in [1.807, 2.05) is 37.6 Å². The molecule has 0 unspecified atom stereocenters. The van der Waals surface area contributed by atoms with Gasteiger partial charge in [0.25, 0.3) is 0 Å². The Morgan fingerprint density at radius 3 is 2.62 bits per heavy atom. The summed E-state index contributed by atoms with van der Waals surface area (Å²) in [6.07, 6.45) is 0. The van der Waals surface area contributed by atoms with Crippen LogP contribution in [-0.2, 0) is 20.2 Å². The van der Waals surface area contributed by atoms with E-state index >= 15 is 0 Å². The van der Waals surface area contributed by atoms with Crippen molar-refractivity contribution in [3.05, 3.63) is 33.8 Å². The number of nitrogens with zero attached hydrogens (tertiary/aromatic N) is 3. The van der Waals surface area contributed by atoms with E-state index in [0.717, 1.165) is 21.7 Å². The van der Waals surface area contributed by atoms with Gasteiger partial charge in [-0.1, -0.05) is 0 Å². The maximum absolute atomic E-state index is 5.86. The molecule has 7 heteroatoms. The molecule has 0 bridgehead atoms. The summed E-state index contributed by atoms with van der Waals surface area (Å²) in [5, 5.41) is 8.09. The second-order valence-corrected chi connectivity index (χ2v) is 5.41. The van der Waals surface area contributed by atoms with Crippen LogP contribution >= 0.6 is 15.9 Å². The molecule has 0 aliphatic carbocycles. The first-order valence-electron chi connectivity index (χ1n) is 6.69. The molecule has 2 rings (SSSR count). The quantitative estimate of drug-likeness (QED) is 0.861. The molecule has 114 valence electrons. The lowest BCUT2D eigenvalue weighted by Crippen LogP contribution is -2.07. The monoisotopic (exact) mass is 354 g/mol. The van der Waals surface area contributed by atoms with Crippen LogP contribution in [0.3, 0.4) is 0 Å². The maximum atomic E-state index is 5.86. The number of ether oxygens (including phenoxy) is 2. The van der Waals surface area contributed by atoms with E-state index in [-0.39, 0.29) is 0 Å². The summed E-state index contributed by atoms with van der Waals surface area (Å²) in [7, 11) is 1.91. The number of hydrogen-bond acceptors (Lipinski definition) is 5. The minimum Gasteiger partial charge on any atom is -0.490 e. The zero-order valence-corrected chi connectivity index (χ0v) is 14.0. The van der Waals surface area contributed by atoms with Gasteiger partial charge in [-0.3, -0.25) is 0 Å². The molecule has 1 aromatic heterocycles. The topological polar surface area (TPSA) is 75.2 Å². The van der Waals surface area contributed by atoms with E-state index in [1.165, 1.54) is 0 Å². The lowest BCUT2D eigenvalue weighted by molar-refractivity contribution is 0.258. The fraction of sp³-hybridized carbons (Fsp3) is 0.429. The number of nitrogens with two attached hydrogens (primary N) is 1. The Hall–Kier alpha value is -1.60. The molecular formula is C14H19BrN4O2. The van der Waals surface area contributed by atoms with Crippen LogP contribution in [0.15, 0.2) is 16.6 Å². The van der Waals surface area contributed by atoms with Crippen molar-refractivity contribution in [2.75, 3.05) is 6.61 Å². The minimum absolute atomic E-state index is 0.317. The van der Waals surface area contributed by atoms with Crippen LogP contribution in [0.1, 0.15) is 24.1 Å². The molecule has 0 aliphatic heterocycles. The van der Waals surface area contributed by atoms with E-state index < -0.39 is 0 Å². The molecule has 0 spiro atoms. The van der Waals surface area contributed by atoms with E-state index in [1.54, 1.807) is 0 Å². The van der Waals surface area contributed by atoms with Crippen LogP contribution in [0.5, 0.6) is 11.5 Å². The SMILES string of the molecule is CCOc1cc(CN)cc(Br)c1OCc1nnc(C)n1C. The second kappa shape index (κ2) is 6.91. The maximum Gasteiger partial charge on any atom is 0.176 e. The molecule has 0 atom stereocenters. The fourth-order valence-corrected chi connectivity index (χ4v) is 2.46. The first kappa shape index (κ1) is 15.8. The summed E-state index contributed by atoms with van der Waals surface area (Å²) >= 11 is 3.50. The largest absolute Gasteiger partial charge is 0.490 e. The van der Waals surface area contributed by atoms with Crippen molar-refractivity contribution in [3.8, 4) is 11.5 Å². The Kier molecular flexibility index (Phi) is 5.19. The van der Waals surface area contributed by atoms with Crippen molar-refractivity contribution >= 4 is 15.9 Å². The lowest BCUT2D eigenvalue weighted by atomic mass is 10.2. The molecule has 2 N–H and O–H groups in total. The number of rotatable bonds is 6. The van der Waals surface area contributed by atoms with Gasteiger partial charge in [-0.15, -0.1) is 10.2 Å². The van der Waals surface area contributed by atoms with Gasteiger partial charge < -0.3 is 19.8 Å². The van der Waals surface area contributed by atoms with Crippen LogP contribution in [-0.4, -0.2) is 21.4 Å². The van der Waals surface area contributed by atoms with Crippen LogP contribution in [0.4, 0.5) is 0 Å². The van der Waals surface area contributed by atoms with Gasteiger partial charge in [0.15, 0.2) is 17.3 Å². The Balaban J connectivity index is 2.24. The number of halogens is 1. The smallest absolute Gasteiger partial charge is 0.176 e. The third kappa shape index (κ3) is 3.54. The normalized spacial score (nSPS) is 10.7. The molecule has 0 saturated heterocycles. The van der Waals surface area contributed by atoms with Crippen molar-refractivity contribution in [1.29, 1.82) is 0 Å². The molecule has 1 aromatic carbocycles. The van der Waals surface area contributed by atoms with E-state index in [2.05, 4.69) is 26.1 Å². The fourth-order valence-electron chi connectivity index (χ4n) is 1.86. The molecular weight excluding hydrogens is 336 g/mol. The predicted molar refractivity (Wildman–Crippen MR) is 83.3 cm³/mol. The highest BCUT2D eigenvalue weighted by atomic mass is 79.9. The zero-order valence-electron chi connectivity index (χ0n) is 12.4. The van der Waals surface area contributed by atoms with Crippen LogP contribution in [0.2, 0.25) is 0 Å². The summed E-state index contributed by atoms with van der Waals surface area (Å²) in [4.78, 5) is 0. The van der Waals surface area contributed by atoms with Crippen molar-refractivity contribution in [2.45, 2.75) is 27.0 Å². The van der Waals surface area contributed by atoms with Crippen molar-refractivity contribution in [2.24, 2.45) is 12.8 Å². The highest BCUT2D eigenvalue weighted by Crippen LogP contribution is 2.37. The van der Waals surface area contributed by atoms with Gasteiger partial charge in [0.2, 0.25) is 0 Å². The third-order valence-corrected chi connectivity index (χ3v) is 3.72. The molecule has 21 heavy (non-hydrogen) atoms. The summed E-state index contributed by atoms with van der Waals surface area (Å²) in [6, 6.07) is 3.82. The lowest BCUT2D eigenvalue weighted by Gasteiger charge is -2.15. The Bertz CT molecular complexity index is 628. The number of aryl methyl sites for hydroxylation is 1. The molecule has 2 aromatic rings. The van der Waals surface area contributed by atoms with Crippen molar-refractivity contribution < 1.29 is 9.47 Å². The van der Waals surface area contributed by atoms with E-state index in [0.29, 0.717) is 31.3 Å². The van der Waals surface area contributed by atoms with Gasteiger partial charge in [-0.05, 0) is 47.5 Å². The van der Waals surface area contributed by atoms with E-state index in [4.69, 9.17) is 15.2 Å². The average Bonchev–Trinajstić information content (AvgIpc) is 2.78. The van der Waals surface area contributed by atoms with Gasteiger partial charge in [0, 0.05) is 13.6 Å². The summed E-state index contributed by atoms with van der Waals surface area (Å²) in [6.45, 7) is 5.15. The first-order valence-corrected chi connectivity index (χ1v) is 7.49. The van der Waals surface area contributed by atoms with Crippen LogP contribution < -0.4 is 15.2 Å². The molecule has 0 saturated carbocycles. The van der Waals surface area contributed by atoms with Crippen molar-refractivity contribution in [3.63, 3.8) is 0 Å². The molecule has 0 radical (unpaired) electrons. The third-order valence-electron chi connectivity index (χ3n) is 3.13. The molecule has 6 nitrogen and oxygen atoms in total.